The zero-order valence-corrected chi connectivity index (χ0v) is 11.8. The molecule has 0 aromatic heterocycles. The van der Waals surface area contributed by atoms with Gasteiger partial charge < -0.3 is 10.2 Å². The molecule has 1 unspecified atom stereocenters. The predicted molar refractivity (Wildman–Crippen MR) is 73.4 cm³/mol. The number of rotatable bonds is 4. The van der Waals surface area contributed by atoms with E-state index in [2.05, 4.69) is 36.0 Å². The molecule has 0 aromatic carbocycles. The summed E-state index contributed by atoms with van der Waals surface area (Å²) in [6.45, 7) is 12.1. The van der Waals surface area contributed by atoms with Gasteiger partial charge in [-0.15, -0.1) is 0 Å². The van der Waals surface area contributed by atoms with Crippen LogP contribution in [0.4, 0.5) is 0 Å². The third-order valence-electron chi connectivity index (χ3n) is 4.71. The van der Waals surface area contributed by atoms with Crippen molar-refractivity contribution in [2.24, 2.45) is 5.41 Å². The second kappa shape index (κ2) is 5.68. The zero-order valence-electron chi connectivity index (χ0n) is 11.8. The van der Waals surface area contributed by atoms with Crippen LogP contribution < -0.4 is 5.32 Å². The maximum absolute atomic E-state index is 3.42. The molecule has 1 atom stereocenters. The van der Waals surface area contributed by atoms with E-state index in [0.717, 1.165) is 6.04 Å². The highest BCUT2D eigenvalue weighted by molar-refractivity contribution is 4.91. The van der Waals surface area contributed by atoms with E-state index in [4.69, 9.17) is 0 Å². The summed E-state index contributed by atoms with van der Waals surface area (Å²) in [6.07, 6.45) is 4.20. The largest absolute Gasteiger partial charge is 0.314 e. The van der Waals surface area contributed by atoms with E-state index in [1.54, 1.807) is 0 Å². The van der Waals surface area contributed by atoms with E-state index in [1.165, 1.54) is 58.5 Å². The van der Waals surface area contributed by atoms with Gasteiger partial charge in [-0.2, -0.15) is 0 Å². The Bertz CT molecular complexity index is 234. The van der Waals surface area contributed by atoms with Gasteiger partial charge in [0.25, 0.3) is 0 Å². The Morgan fingerprint density at radius 3 is 2.59 bits per heavy atom. The maximum Gasteiger partial charge on any atom is 0.0144 e. The van der Waals surface area contributed by atoms with Crippen molar-refractivity contribution in [1.29, 1.82) is 0 Å². The maximum atomic E-state index is 3.42. The fourth-order valence-electron chi connectivity index (χ4n) is 3.52. The molecule has 0 amide bonds. The molecule has 1 N–H and O–H groups in total. The lowest BCUT2D eigenvalue weighted by Crippen LogP contribution is -2.48. The SMILES string of the molecule is CN(CCN1CCNCC1)C1CCCC1(C)C. The van der Waals surface area contributed by atoms with Crippen LogP contribution in [0.5, 0.6) is 0 Å². The van der Waals surface area contributed by atoms with Crippen LogP contribution in [0.25, 0.3) is 0 Å². The molecule has 0 radical (unpaired) electrons. The van der Waals surface area contributed by atoms with Gasteiger partial charge in [-0.25, -0.2) is 0 Å². The molecular weight excluding hydrogens is 210 g/mol. The summed E-state index contributed by atoms with van der Waals surface area (Å²) in [6, 6.07) is 0.797. The second-order valence-corrected chi connectivity index (χ2v) is 6.47. The summed E-state index contributed by atoms with van der Waals surface area (Å²) in [7, 11) is 2.32. The Labute approximate surface area is 107 Å². The number of piperazine rings is 1. The average Bonchev–Trinajstić information content (AvgIpc) is 2.67. The number of likely N-dealkylation sites (N-methyl/N-ethyl adjacent to an activating group) is 1. The molecule has 1 saturated carbocycles. The van der Waals surface area contributed by atoms with Gasteiger partial charge in [0.1, 0.15) is 0 Å². The number of nitrogens with one attached hydrogen (secondary N) is 1. The van der Waals surface area contributed by atoms with E-state index in [1.807, 2.05) is 0 Å². The summed E-state index contributed by atoms with van der Waals surface area (Å²) in [5.74, 6) is 0. The first-order valence-corrected chi connectivity index (χ1v) is 7.23. The highest BCUT2D eigenvalue weighted by atomic mass is 15.2. The first-order valence-electron chi connectivity index (χ1n) is 7.23. The quantitative estimate of drug-likeness (QED) is 0.800. The Hall–Kier alpha value is -0.120. The minimum absolute atomic E-state index is 0.526. The van der Waals surface area contributed by atoms with Crippen LogP contribution in [0.2, 0.25) is 0 Å². The molecule has 100 valence electrons. The molecular formula is C14H29N3. The van der Waals surface area contributed by atoms with Crippen LogP contribution in [0.15, 0.2) is 0 Å². The number of hydrogen-bond donors (Lipinski definition) is 1. The molecule has 1 aliphatic carbocycles. The van der Waals surface area contributed by atoms with Crippen molar-refractivity contribution >= 4 is 0 Å². The van der Waals surface area contributed by atoms with Gasteiger partial charge in [-0.3, -0.25) is 4.90 Å². The van der Waals surface area contributed by atoms with Gasteiger partial charge in [0.15, 0.2) is 0 Å². The fraction of sp³-hybridized carbons (Fsp3) is 1.00. The van der Waals surface area contributed by atoms with Gasteiger partial charge >= 0.3 is 0 Å². The number of nitrogens with zero attached hydrogens (tertiary/aromatic N) is 2. The highest BCUT2D eigenvalue weighted by Crippen LogP contribution is 2.39. The molecule has 17 heavy (non-hydrogen) atoms. The van der Waals surface area contributed by atoms with Crippen molar-refractivity contribution in [3.8, 4) is 0 Å². The monoisotopic (exact) mass is 239 g/mol. The zero-order chi connectivity index (χ0) is 12.3. The van der Waals surface area contributed by atoms with Crippen LogP contribution in [0.3, 0.4) is 0 Å². The van der Waals surface area contributed by atoms with E-state index >= 15 is 0 Å². The van der Waals surface area contributed by atoms with Crippen molar-refractivity contribution in [1.82, 2.24) is 15.1 Å². The van der Waals surface area contributed by atoms with E-state index in [0.29, 0.717) is 5.41 Å². The van der Waals surface area contributed by atoms with Gasteiger partial charge in [0.05, 0.1) is 0 Å². The Balaban J connectivity index is 1.74. The van der Waals surface area contributed by atoms with Crippen LogP contribution in [0.1, 0.15) is 33.1 Å². The molecule has 0 aromatic rings. The topological polar surface area (TPSA) is 18.5 Å². The lowest BCUT2D eigenvalue weighted by atomic mass is 9.86. The van der Waals surface area contributed by atoms with Crippen molar-refractivity contribution in [2.45, 2.75) is 39.2 Å². The third kappa shape index (κ3) is 3.43. The normalized spacial score (nSPS) is 30.0. The van der Waals surface area contributed by atoms with Gasteiger partial charge in [0, 0.05) is 45.3 Å². The summed E-state index contributed by atoms with van der Waals surface area (Å²) >= 11 is 0. The molecule has 2 aliphatic rings. The fourth-order valence-corrected chi connectivity index (χ4v) is 3.52. The minimum Gasteiger partial charge on any atom is -0.314 e. The standard InChI is InChI=1S/C14H29N3/c1-14(2)6-4-5-13(14)16(3)11-12-17-9-7-15-8-10-17/h13,15H,4-12H2,1-3H3. The summed E-state index contributed by atoms with van der Waals surface area (Å²) in [5.41, 5.74) is 0.526. The van der Waals surface area contributed by atoms with Crippen molar-refractivity contribution in [3.63, 3.8) is 0 Å². The van der Waals surface area contributed by atoms with Crippen LogP contribution in [-0.4, -0.2) is 62.2 Å². The Kier molecular flexibility index (Phi) is 4.45. The molecule has 3 heteroatoms. The Morgan fingerprint density at radius 2 is 2.00 bits per heavy atom. The van der Waals surface area contributed by atoms with Crippen molar-refractivity contribution in [3.05, 3.63) is 0 Å². The van der Waals surface area contributed by atoms with Crippen LogP contribution in [-0.2, 0) is 0 Å². The van der Waals surface area contributed by atoms with Crippen molar-refractivity contribution < 1.29 is 0 Å². The van der Waals surface area contributed by atoms with Crippen molar-refractivity contribution in [2.75, 3.05) is 46.3 Å². The van der Waals surface area contributed by atoms with Crippen LogP contribution in [0, 0.1) is 5.41 Å². The molecule has 0 spiro atoms. The Morgan fingerprint density at radius 1 is 1.29 bits per heavy atom. The summed E-state index contributed by atoms with van der Waals surface area (Å²) in [4.78, 5) is 5.20. The van der Waals surface area contributed by atoms with E-state index < -0.39 is 0 Å². The average molecular weight is 239 g/mol. The molecule has 1 heterocycles. The third-order valence-corrected chi connectivity index (χ3v) is 4.71. The molecule has 1 saturated heterocycles. The van der Waals surface area contributed by atoms with Crippen LogP contribution >= 0.6 is 0 Å². The molecule has 2 rings (SSSR count). The highest BCUT2D eigenvalue weighted by Gasteiger charge is 2.36. The lowest BCUT2D eigenvalue weighted by Gasteiger charge is -2.37. The van der Waals surface area contributed by atoms with Gasteiger partial charge in [-0.1, -0.05) is 20.3 Å². The minimum atomic E-state index is 0.526. The molecule has 3 nitrogen and oxygen atoms in total. The molecule has 1 aliphatic heterocycles. The lowest BCUT2D eigenvalue weighted by molar-refractivity contribution is 0.119. The van der Waals surface area contributed by atoms with Gasteiger partial charge in [0.2, 0.25) is 0 Å². The smallest absolute Gasteiger partial charge is 0.0144 e. The first-order chi connectivity index (χ1) is 8.09. The van der Waals surface area contributed by atoms with Gasteiger partial charge in [-0.05, 0) is 25.3 Å². The second-order valence-electron chi connectivity index (χ2n) is 6.47. The number of hydrogen-bond acceptors (Lipinski definition) is 3. The predicted octanol–water partition coefficient (Wildman–Crippen LogP) is 1.40. The summed E-state index contributed by atoms with van der Waals surface area (Å²) in [5, 5.41) is 3.42. The summed E-state index contributed by atoms with van der Waals surface area (Å²) < 4.78 is 0. The van der Waals surface area contributed by atoms with E-state index in [9.17, 15) is 0 Å². The molecule has 2 fully saturated rings. The van der Waals surface area contributed by atoms with E-state index in [-0.39, 0.29) is 0 Å². The first kappa shape index (κ1) is 13.3. The molecule has 0 bridgehead atoms.